The number of unbranched alkanes of at least 4 members (excludes halogenated alkanes) is 1. The highest BCUT2D eigenvalue weighted by Gasteiger charge is 2.22. The number of amides is 2. The molecule has 0 bridgehead atoms. The monoisotopic (exact) mass is 574 g/mol. The minimum atomic E-state index is -0.816. The molecular formula is C31H39FN8O2. The maximum Gasteiger partial charge on any atom is 0.246 e. The number of alkyl halides is 1. The summed E-state index contributed by atoms with van der Waals surface area (Å²) in [5.74, 6) is 6.87. The van der Waals surface area contributed by atoms with Gasteiger partial charge in [0.05, 0.1) is 23.4 Å². The number of halogens is 1. The predicted octanol–water partition coefficient (Wildman–Crippen LogP) is 3.24. The van der Waals surface area contributed by atoms with Crippen LogP contribution in [-0.4, -0.2) is 91.1 Å². The van der Waals surface area contributed by atoms with Crippen molar-refractivity contribution in [2.45, 2.75) is 44.8 Å². The quantitative estimate of drug-likeness (QED) is 0.239. The van der Waals surface area contributed by atoms with Crippen molar-refractivity contribution in [1.82, 2.24) is 25.1 Å². The summed E-state index contributed by atoms with van der Waals surface area (Å²) >= 11 is 0. The first-order chi connectivity index (χ1) is 20.2. The molecule has 1 atom stereocenters. The number of nitrogens with zero attached hydrogens (tertiary/aromatic N) is 6. The van der Waals surface area contributed by atoms with Gasteiger partial charge >= 0.3 is 0 Å². The van der Waals surface area contributed by atoms with E-state index in [1.807, 2.05) is 23.9 Å². The highest BCUT2D eigenvalue weighted by Crippen LogP contribution is 2.25. The maximum atomic E-state index is 13.8. The summed E-state index contributed by atoms with van der Waals surface area (Å²) in [6.45, 7) is 3.84. The van der Waals surface area contributed by atoms with Gasteiger partial charge < -0.3 is 25.3 Å². The molecule has 1 saturated heterocycles. The number of likely N-dealkylation sites (N-methyl/N-ethyl adjacent to an activating group) is 2. The van der Waals surface area contributed by atoms with Gasteiger partial charge in [-0.25, -0.2) is 9.37 Å². The van der Waals surface area contributed by atoms with Gasteiger partial charge in [-0.15, -0.1) is 0 Å². The van der Waals surface area contributed by atoms with Crippen LogP contribution in [-0.2, 0) is 9.59 Å². The molecule has 11 heteroatoms. The lowest BCUT2D eigenvalue weighted by Crippen LogP contribution is -2.45. The van der Waals surface area contributed by atoms with Gasteiger partial charge in [-0.05, 0) is 64.5 Å². The van der Waals surface area contributed by atoms with Crippen LogP contribution in [0.15, 0.2) is 42.6 Å². The van der Waals surface area contributed by atoms with Crippen LogP contribution in [0.1, 0.15) is 43.7 Å². The van der Waals surface area contributed by atoms with Gasteiger partial charge in [0.2, 0.25) is 17.8 Å². The summed E-state index contributed by atoms with van der Waals surface area (Å²) in [5, 5.41) is 15.0. The van der Waals surface area contributed by atoms with E-state index in [1.54, 1.807) is 50.5 Å². The number of nitriles is 1. The van der Waals surface area contributed by atoms with E-state index in [2.05, 4.69) is 33.5 Å². The summed E-state index contributed by atoms with van der Waals surface area (Å²) in [6.07, 6.45) is 6.12. The number of carbonyl (C=O) groups excluding carboxylic acids is 2. The Kier molecular flexibility index (Phi) is 12.3. The Labute approximate surface area is 247 Å². The van der Waals surface area contributed by atoms with Gasteiger partial charge in [-0.2, -0.15) is 10.2 Å². The zero-order valence-electron chi connectivity index (χ0n) is 24.7. The second-order valence-electron chi connectivity index (χ2n) is 10.4. The minimum Gasteiger partial charge on any atom is -0.355 e. The fourth-order valence-electron chi connectivity index (χ4n) is 4.12. The first kappa shape index (κ1) is 32.0. The lowest BCUT2D eigenvalue weighted by molar-refractivity contribution is -0.135. The molecule has 1 fully saturated rings. The fourth-order valence-corrected chi connectivity index (χ4v) is 4.12. The summed E-state index contributed by atoms with van der Waals surface area (Å²) in [4.78, 5) is 39.3. The topological polar surface area (TPSA) is 117 Å². The lowest BCUT2D eigenvalue weighted by Gasteiger charge is -2.30. The number of hydrogen-bond donors (Lipinski definition) is 2. The van der Waals surface area contributed by atoms with E-state index in [1.165, 1.54) is 11.0 Å². The van der Waals surface area contributed by atoms with Gasteiger partial charge in [-0.3, -0.25) is 9.59 Å². The number of aromatic nitrogens is 2. The first-order valence-electron chi connectivity index (χ1n) is 14.1. The molecule has 3 rings (SSSR count). The molecule has 2 heterocycles. The Bertz CT molecular complexity index is 1340. The predicted molar refractivity (Wildman–Crippen MR) is 162 cm³/mol. The molecule has 10 nitrogen and oxygen atoms in total. The van der Waals surface area contributed by atoms with Crippen LogP contribution in [0.25, 0.3) is 0 Å². The molecule has 1 aromatic carbocycles. The van der Waals surface area contributed by atoms with E-state index < -0.39 is 12.2 Å². The van der Waals surface area contributed by atoms with Crippen LogP contribution in [0.2, 0.25) is 0 Å². The summed E-state index contributed by atoms with van der Waals surface area (Å²) in [5.41, 5.74) is 1.95. The van der Waals surface area contributed by atoms with Crippen molar-refractivity contribution >= 4 is 29.3 Å². The Morgan fingerprint density at radius 3 is 2.60 bits per heavy atom. The zero-order chi connectivity index (χ0) is 30.5. The summed E-state index contributed by atoms with van der Waals surface area (Å²) < 4.78 is 13.8. The number of nitrogens with one attached hydrogen (secondary N) is 2. The molecule has 1 aromatic heterocycles. The summed E-state index contributed by atoms with van der Waals surface area (Å²) in [7, 11) is 5.44. The third kappa shape index (κ3) is 9.86. The number of benzene rings is 1. The molecule has 0 unspecified atom stereocenters. The third-order valence-electron chi connectivity index (χ3n) is 6.80. The number of hydrogen-bond acceptors (Lipinski definition) is 8. The number of rotatable bonds is 11. The molecule has 0 aliphatic carbocycles. The Morgan fingerprint density at radius 1 is 1.21 bits per heavy atom. The van der Waals surface area contributed by atoms with E-state index in [4.69, 9.17) is 10.2 Å². The first-order valence-corrected chi connectivity index (χ1v) is 14.1. The van der Waals surface area contributed by atoms with Crippen LogP contribution < -0.4 is 15.5 Å². The average Bonchev–Trinajstić information content (AvgIpc) is 2.99. The van der Waals surface area contributed by atoms with Gasteiger partial charge in [0, 0.05) is 51.4 Å². The normalized spacial score (nSPS) is 14.2. The molecule has 0 saturated carbocycles. The second-order valence-corrected chi connectivity index (χ2v) is 10.4. The van der Waals surface area contributed by atoms with Gasteiger partial charge in [-0.1, -0.05) is 17.9 Å². The molecule has 2 amide bonds. The van der Waals surface area contributed by atoms with Crippen molar-refractivity contribution in [2.24, 2.45) is 0 Å². The van der Waals surface area contributed by atoms with E-state index in [-0.39, 0.29) is 11.8 Å². The largest absolute Gasteiger partial charge is 0.355 e. The SMILES string of the molecule is C[C@@H](C(=O)NCCCC#Cc1cnc(Nc2ccc(C#N)cc2)nc1N1CCC(F)CC1)N(C)C(=O)/C=C/CN(C)C. The summed E-state index contributed by atoms with van der Waals surface area (Å²) in [6, 6.07) is 8.47. The fraction of sp³-hybridized carbons (Fsp3) is 0.452. The molecule has 2 N–H and O–H groups in total. The number of carbonyl (C=O) groups is 2. The Morgan fingerprint density at radius 2 is 1.93 bits per heavy atom. The van der Waals surface area contributed by atoms with E-state index in [9.17, 15) is 14.0 Å². The van der Waals surface area contributed by atoms with Crippen molar-refractivity contribution in [3.63, 3.8) is 0 Å². The van der Waals surface area contributed by atoms with Gasteiger partial charge in [0.15, 0.2) is 0 Å². The lowest BCUT2D eigenvalue weighted by atomic mass is 10.1. The van der Waals surface area contributed by atoms with Crippen molar-refractivity contribution in [2.75, 3.05) is 57.5 Å². The maximum absolute atomic E-state index is 13.8. The van der Waals surface area contributed by atoms with E-state index in [0.29, 0.717) is 74.8 Å². The van der Waals surface area contributed by atoms with Crippen LogP contribution >= 0.6 is 0 Å². The smallest absolute Gasteiger partial charge is 0.246 e. The molecule has 42 heavy (non-hydrogen) atoms. The van der Waals surface area contributed by atoms with Crippen molar-refractivity contribution in [3.05, 3.63) is 53.7 Å². The number of anilines is 3. The minimum absolute atomic E-state index is 0.225. The molecular weight excluding hydrogens is 535 g/mol. The number of piperidine rings is 1. The van der Waals surface area contributed by atoms with Crippen molar-refractivity contribution < 1.29 is 14.0 Å². The molecule has 0 radical (unpaired) electrons. The highest BCUT2D eigenvalue weighted by molar-refractivity contribution is 5.92. The van der Waals surface area contributed by atoms with Gasteiger partial charge in [0.1, 0.15) is 18.0 Å². The van der Waals surface area contributed by atoms with Crippen molar-refractivity contribution in [1.29, 1.82) is 5.26 Å². The Hall–Kier alpha value is -4.48. The standard InChI is InChI=1S/C31H39FN8O2/c1-23(39(4)28(41)10-8-18-38(2)3)30(42)34-17-7-5-6-9-25-22-35-31(36-27-13-11-24(21-33)12-14-27)37-29(25)40-19-15-26(32)16-20-40/h8,10-14,22-23,26H,5,7,15-20H2,1-4H3,(H,34,42)(H,35,36,37)/b10-8+/t23-/m0/s1. The van der Waals surface area contributed by atoms with Gasteiger partial charge in [0.25, 0.3) is 0 Å². The van der Waals surface area contributed by atoms with Crippen molar-refractivity contribution in [3.8, 4) is 17.9 Å². The molecule has 1 aliphatic rings. The zero-order valence-corrected chi connectivity index (χ0v) is 24.7. The third-order valence-corrected chi connectivity index (χ3v) is 6.80. The Balaban J connectivity index is 1.57. The molecule has 0 spiro atoms. The molecule has 2 aromatic rings. The molecule has 222 valence electrons. The van der Waals surface area contributed by atoms with Crippen LogP contribution in [0.5, 0.6) is 0 Å². The van der Waals surface area contributed by atoms with E-state index >= 15 is 0 Å². The van der Waals surface area contributed by atoms with Crippen LogP contribution in [0.4, 0.5) is 21.8 Å². The van der Waals surface area contributed by atoms with Crippen LogP contribution in [0, 0.1) is 23.2 Å². The van der Waals surface area contributed by atoms with E-state index in [0.717, 1.165) is 5.69 Å². The molecule has 1 aliphatic heterocycles. The average molecular weight is 575 g/mol. The highest BCUT2D eigenvalue weighted by atomic mass is 19.1. The second kappa shape index (κ2) is 16.1. The van der Waals surface area contributed by atoms with Crippen LogP contribution in [0.3, 0.4) is 0 Å².